The van der Waals surface area contributed by atoms with Crippen molar-refractivity contribution in [3.05, 3.63) is 60.2 Å². The van der Waals surface area contributed by atoms with Crippen LogP contribution in [0.15, 0.2) is 54.6 Å². The summed E-state index contributed by atoms with van der Waals surface area (Å²) in [4.78, 5) is 10.2. The second-order valence-electron chi connectivity index (χ2n) is 4.31. The number of rotatable bonds is 5. The molecule has 0 heterocycles. The fourth-order valence-corrected chi connectivity index (χ4v) is 1.94. The fraction of sp³-hybridized carbons (Fsp3) is 0.188. The van der Waals surface area contributed by atoms with Gasteiger partial charge in [-0.25, -0.2) is 0 Å². The molecule has 2 aromatic carbocycles. The zero-order chi connectivity index (χ0) is 12.8. The summed E-state index contributed by atoms with van der Waals surface area (Å²) in [5, 5.41) is 0. The van der Waals surface area contributed by atoms with E-state index in [-0.39, 0.29) is 6.10 Å². The summed E-state index contributed by atoms with van der Waals surface area (Å²) in [5.74, 6) is 0. The zero-order valence-electron chi connectivity index (χ0n) is 10.4. The first-order valence-corrected chi connectivity index (χ1v) is 6.03. The van der Waals surface area contributed by atoms with E-state index in [1.54, 1.807) is 0 Å². The summed E-state index contributed by atoms with van der Waals surface area (Å²) >= 11 is 0. The quantitative estimate of drug-likeness (QED) is 0.748. The molecule has 0 N–H and O–H groups in total. The van der Waals surface area contributed by atoms with Crippen molar-refractivity contribution in [1.82, 2.24) is 0 Å². The first-order valence-electron chi connectivity index (χ1n) is 6.03. The van der Waals surface area contributed by atoms with Gasteiger partial charge in [0.15, 0.2) is 0 Å². The average Bonchev–Trinajstić information content (AvgIpc) is 2.41. The lowest BCUT2D eigenvalue weighted by atomic mass is 10.0. The van der Waals surface area contributed by atoms with Crippen molar-refractivity contribution in [2.75, 3.05) is 0 Å². The van der Waals surface area contributed by atoms with Crippen LogP contribution < -0.4 is 0 Å². The number of benzene rings is 2. The van der Waals surface area contributed by atoms with Gasteiger partial charge < -0.3 is 4.74 Å². The van der Waals surface area contributed by atoms with E-state index in [9.17, 15) is 4.79 Å². The Hall–Kier alpha value is -2.09. The molecule has 0 radical (unpaired) electrons. The summed E-state index contributed by atoms with van der Waals surface area (Å²) in [6.45, 7) is 2.39. The monoisotopic (exact) mass is 240 g/mol. The third-order valence-corrected chi connectivity index (χ3v) is 2.87. The lowest BCUT2D eigenvalue weighted by Crippen LogP contribution is -2.10. The minimum Gasteiger partial charge on any atom is -0.465 e. The highest BCUT2D eigenvalue weighted by Crippen LogP contribution is 2.19. The predicted octanol–water partition coefficient (Wildman–Crippen LogP) is 3.46. The minimum atomic E-state index is -0.0786. The lowest BCUT2D eigenvalue weighted by molar-refractivity contribution is -0.132. The smallest absolute Gasteiger partial charge is 0.293 e. The van der Waals surface area contributed by atoms with Gasteiger partial charge in [0.05, 0.1) is 0 Å². The van der Waals surface area contributed by atoms with Crippen LogP contribution in [0.3, 0.4) is 0 Å². The van der Waals surface area contributed by atoms with Crippen LogP contribution in [0.4, 0.5) is 0 Å². The molecule has 2 rings (SSSR count). The van der Waals surface area contributed by atoms with Crippen LogP contribution in [0.25, 0.3) is 11.1 Å². The molecule has 0 spiro atoms. The van der Waals surface area contributed by atoms with Crippen molar-refractivity contribution >= 4 is 6.47 Å². The Morgan fingerprint density at radius 1 is 1.00 bits per heavy atom. The molecular weight excluding hydrogens is 224 g/mol. The van der Waals surface area contributed by atoms with Gasteiger partial charge in [0.25, 0.3) is 6.47 Å². The van der Waals surface area contributed by atoms with E-state index >= 15 is 0 Å². The van der Waals surface area contributed by atoms with Crippen molar-refractivity contribution in [3.8, 4) is 11.1 Å². The largest absolute Gasteiger partial charge is 0.465 e. The molecule has 0 saturated carbocycles. The highest BCUT2D eigenvalue weighted by atomic mass is 16.5. The molecule has 0 aromatic heterocycles. The molecule has 0 amide bonds. The summed E-state index contributed by atoms with van der Waals surface area (Å²) < 4.78 is 4.88. The molecule has 1 atom stereocenters. The fourth-order valence-electron chi connectivity index (χ4n) is 1.94. The Morgan fingerprint density at radius 2 is 1.61 bits per heavy atom. The van der Waals surface area contributed by atoms with E-state index in [2.05, 4.69) is 36.4 Å². The van der Waals surface area contributed by atoms with Gasteiger partial charge in [0, 0.05) is 6.42 Å². The van der Waals surface area contributed by atoms with Gasteiger partial charge in [0.1, 0.15) is 6.10 Å². The van der Waals surface area contributed by atoms with Crippen LogP contribution in [0.2, 0.25) is 0 Å². The third kappa shape index (κ3) is 3.20. The Kier molecular flexibility index (Phi) is 4.13. The Bertz CT molecular complexity index is 488. The van der Waals surface area contributed by atoms with Crippen LogP contribution in [0.1, 0.15) is 12.5 Å². The molecule has 0 saturated heterocycles. The van der Waals surface area contributed by atoms with Gasteiger partial charge in [-0.15, -0.1) is 0 Å². The summed E-state index contributed by atoms with van der Waals surface area (Å²) in [7, 11) is 0. The van der Waals surface area contributed by atoms with Gasteiger partial charge in [-0.1, -0.05) is 54.6 Å². The van der Waals surface area contributed by atoms with E-state index < -0.39 is 0 Å². The van der Waals surface area contributed by atoms with Gasteiger partial charge in [-0.2, -0.15) is 0 Å². The van der Waals surface area contributed by atoms with Crippen LogP contribution in [0, 0.1) is 0 Å². The van der Waals surface area contributed by atoms with Gasteiger partial charge in [0.2, 0.25) is 0 Å². The molecule has 1 unspecified atom stereocenters. The molecule has 92 valence electrons. The second-order valence-corrected chi connectivity index (χ2v) is 4.31. The number of hydrogen-bond acceptors (Lipinski definition) is 2. The highest BCUT2D eigenvalue weighted by molar-refractivity contribution is 5.63. The van der Waals surface area contributed by atoms with Crippen molar-refractivity contribution in [2.45, 2.75) is 19.4 Å². The van der Waals surface area contributed by atoms with E-state index in [0.29, 0.717) is 6.47 Å². The van der Waals surface area contributed by atoms with Gasteiger partial charge in [-0.05, 0) is 23.6 Å². The van der Waals surface area contributed by atoms with Crippen molar-refractivity contribution in [2.24, 2.45) is 0 Å². The molecule has 2 aromatic rings. The molecule has 18 heavy (non-hydrogen) atoms. The molecule has 0 fully saturated rings. The standard InChI is InChI=1S/C16H16O2/c1-13(18-12-17)11-14-7-9-16(10-8-14)15-5-3-2-4-6-15/h2-10,12-13H,11H2,1H3. The average molecular weight is 240 g/mol. The van der Waals surface area contributed by atoms with E-state index in [0.717, 1.165) is 6.42 Å². The first-order chi connectivity index (χ1) is 8.79. The van der Waals surface area contributed by atoms with Crippen LogP contribution in [-0.2, 0) is 16.0 Å². The van der Waals surface area contributed by atoms with E-state index in [4.69, 9.17) is 4.74 Å². The molecule has 2 nitrogen and oxygen atoms in total. The number of hydrogen-bond donors (Lipinski definition) is 0. The van der Waals surface area contributed by atoms with Crippen LogP contribution in [-0.4, -0.2) is 12.6 Å². The topological polar surface area (TPSA) is 26.3 Å². The molecule has 0 bridgehead atoms. The molecule has 0 aliphatic carbocycles. The van der Waals surface area contributed by atoms with Crippen molar-refractivity contribution in [3.63, 3.8) is 0 Å². The van der Waals surface area contributed by atoms with Gasteiger partial charge in [-0.3, -0.25) is 4.79 Å². The first kappa shape index (κ1) is 12.4. The van der Waals surface area contributed by atoms with Gasteiger partial charge >= 0.3 is 0 Å². The maximum atomic E-state index is 10.2. The van der Waals surface area contributed by atoms with Crippen molar-refractivity contribution < 1.29 is 9.53 Å². The number of ether oxygens (including phenoxy) is 1. The van der Waals surface area contributed by atoms with E-state index in [1.807, 2.05) is 25.1 Å². The highest BCUT2D eigenvalue weighted by Gasteiger charge is 2.04. The Balaban J connectivity index is 2.08. The maximum absolute atomic E-state index is 10.2. The Labute approximate surface area is 107 Å². The summed E-state index contributed by atoms with van der Waals surface area (Å²) in [6.07, 6.45) is 0.665. The van der Waals surface area contributed by atoms with Crippen LogP contribution in [0.5, 0.6) is 0 Å². The summed E-state index contributed by atoms with van der Waals surface area (Å²) in [6, 6.07) is 18.6. The number of carbonyl (C=O) groups is 1. The van der Waals surface area contributed by atoms with E-state index in [1.165, 1.54) is 16.7 Å². The molecule has 2 heteroatoms. The lowest BCUT2D eigenvalue weighted by Gasteiger charge is -2.09. The predicted molar refractivity (Wildman–Crippen MR) is 72.2 cm³/mol. The number of carbonyl (C=O) groups excluding carboxylic acids is 1. The normalized spacial score (nSPS) is 11.8. The maximum Gasteiger partial charge on any atom is 0.293 e. The zero-order valence-corrected chi connectivity index (χ0v) is 10.4. The summed E-state index contributed by atoms with van der Waals surface area (Å²) in [5.41, 5.74) is 3.58. The second kappa shape index (κ2) is 6.01. The molecular formula is C16H16O2. The SMILES string of the molecule is CC(Cc1ccc(-c2ccccc2)cc1)OC=O. The van der Waals surface area contributed by atoms with Crippen LogP contribution >= 0.6 is 0 Å². The third-order valence-electron chi connectivity index (χ3n) is 2.87. The minimum absolute atomic E-state index is 0.0786. The Morgan fingerprint density at radius 3 is 2.22 bits per heavy atom. The molecule has 0 aliphatic heterocycles. The van der Waals surface area contributed by atoms with Crippen molar-refractivity contribution in [1.29, 1.82) is 0 Å². The molecule has 0 aliphatic rings.